The van der Waals surface area contributed by atoms with Crippen LogP contribution < -0.4 is 20.1 Å². The lowest BCUT2D eigenvalue weighted by Gasteiger charge is -2.16. The Bertz CT molecular complexity index is 1330. The number of hydrogen-bond donors (Lipinski definition) is 2. The number of benzene rings is 4. The number of carbonyl (C=O) groups excluding carboxylic acids is 2. The molecule has 0 aliphatic carbocycles. The van der Waals surface area contributed by atoms with Crippen molar-refractivity contribution < 1.29 is 19.1 Å². The summed E-state index contributed by atoms with van der Waals surface area (Å²) < 4.78 is 12.3. The van der Waals surface area contributed by atoms with Crippen LogP contribution in [-0.2, 0) is 0 Å². The highest BCUT2D eigenvalue weighted by Gasteiger charge is 2.16. The summed E-state index contributed by atoms with van der Waals surface area (Å²) in [5.41, 5.74) is 3.88. The van der Waals surface area contributed by atoms with E-state index >= 15 is 0 Å². The molecule has 6 nitrogen and oxygen atoms in total. The van der Waals surface area contributed by atoms with E-state index in [1.165, 1.54) is 0 Å². The van der Waals surface area contributed by atoms with E-state index in [9.17, 15) is 9.59 Å². The van der Waals surface area contributed by atoms with Crippen LogP contribution in [-0.4, -0.2) is 26.0 Å². The Morgan fingerprint density at radius 2 is 1.00 bits per heavy atom. The Balaban J connectivity index is 1.62. The van der Waals surface area contributed by atoms with Crippen LogP contribution in [0.3, 0.4) is 0 Å². The molecule has 0 saturated heterocycles. The predicted octanol–water partition coefficient (Wildman–Crippen LogP) is 7.08. The van der Waals surface area contributed by atoms with E-state index in [0.717, 1.165) is 18.3 Å². The predicted molar refractivity (Wildman–Crippen MR) is 159 cm³/mol. The van der Waals surface area contributed by atoms with Crippen molar-refractivity contribution in [3.63, 3.8) is 0 Å². The van der Waals surface area contributed by atoms with Crippen LogP contribution in [0.4, 0.5) is 11.4 Å². The molecule has 0 fully saturated rings. The first-order chi connectivity index (χ1) is 17.4. The van der Waals surface area contributed by atoms with Crippen LogP contribution in [0.2, 0.25) is 0 Å². The van der Waals surface area contributed by atoms with Gasteiger partial charge in [0.25, 0.3) is 11.8 Å². The number of hydrogen-bond acceptors (Lipinski definition) is 4. The molecule has 0 bridgehead atoms. The van der Waals surface area contributed by atoms with Gasteiger partial charge in [0.1, 0.15) is 11.5 Å². The number of anilines is 2. The summed E-state index contributed by atoms with van der Waals surface area (Å²) in [4.78, 5) is 26.1. The van der Waals surface area contributed by atoms with Crippen molar-refractivity contribution in [2.45, 2.75) is 0 Å². The van der Waals surface area contributed by atoms with E-state index < -0.39 is 0 Å². The number of rotatable bonds is 7. The largest absolute Gasteiger partial charge is 0.496 e. The highest BCUT2D eigenvalue weighted by molar-refractivity contribution is 14.1. The molecule has 0 unspecified atom stereocenters. The highest BCUT2D eigenvalue weighted by Crippen LogP contribution is 2.34. The zero-order valence-corrected chi connectivity index (χ0v) is 23.8. The minimum absolute atomic E-state index is 0.239. The third-order valence-electron chi connectivity index (χ3n) is 5.47. The fraction of sp³-hybridized carbons (Fsp3) is 0.0714. The fourth-order valence-corrected chi connectivity index (χ4v) is 5.13. The molecule has 0 aliphatic rings. The van der Waals surface area contributed by atoms with Crippen molar-refractivity contribution in [2.24, 2.45) is 0 Å². The minimum Gasteiger partial charge on any atom is -0.496 e. The lowest BCUT2D eigenvalue weighted by molar-refractivity contribution is 0.101. The van der Waals surface area contributed by atoms with Gasteiger partial charge in [-0.05, 0) is 93.7 Å². The Kier molecular flexibility index (Phi) is 8.47. The molecule has 8 heteroatoms. The summed E-state index contributed by atoms with van der Waals surface area (Å²) in [6.45, 7) is 0. The summed E-state index contributed by atoms with van der Waals surface area (Å²) in [5, 5.41) is 6.02. The Labute approximate surface area is 236 Å². The van der Waals surface area contributed by atoms with E-state index in [0.29, 0.717) is 34.0 Å². The molecule has 0 spiro atoms. The first kappa shape index (κ1) is 26.0. The van der Waals surface area contributed by atoms with Gasteiger partial charge in [-0.3, -0.25) is 9.59 Å². The van der Waals surface area contributed by atoms with Crippen LogP contribution in [0, 0.1) is 7.14 Å². The summed E-state index contributed by atoms with van der Waals surface area (Å²) in [6, 6.07) is 25.6. The van der Waals surface area contributed by atoms with E-state index in [2.05, 4.69) is 55.8 Å². The molecule has 4 aromatic carbocycles. The van der Waals surface area contributed by atoms with Gasteiger partial charge in [-0.25, -0.2) is 0 Å². The fourth-order valence-electron chi connectivity index (χ4n) is 3.66. The molecule has 0 aliphatic heterocycles. The van der Waals surface area contributed by atoms with Crippen molar-refractivity contribution in [3.05, 3.63) is 103 Å². The lowest BCUT2D eigenvalue weighted by atomic mass is 10.0. The van der Waals surface area contributed by atoms with Gasteiger partial charge in [0.05, 0.1) is 21.4 Å². The smallest absolute Gasteiger partial charge is 0.255 e. The Hall–Kier alpha value is -3.12. The molecule has 4 aromatic rings. The van der Waals surface area contributed by atoms with Crippen LogP contribution in [0.5, 0.6) is 11.5 Å². The Morgan fingerprint density at radius 1 is 0.611 bits per heavy atom. The molecule has 2 amide bonds. The normalized spacial score (nSPS) is 10.4. The van der Waals surface area contributed by atoms with E-state index in [-0.39, 0.29) is 11.8 Å². The van der Waals surface area contributed by atoms with Gasteiger partial charge >= 0.3 is 0 Å². The quantitative estimate of drug-likeness (QED) is 0.202. The molecule has 36 heavy (non-hydrogen) atoms. The maximum Gasteiger partial charge on any atom is 0.255 e. The number of ether oxygens (including phenoxy) is 2. The first-order valence-electron chi connectivity index (χ1n) is 10.9. The monoisotopic (exact) mass is 704 g/mol. The van der Waals surface area contributed by atoms with Crippen molar-refractivity contribution >= 4 is 68.4 Å². The molecular weight excluding hydrogens is 682 g/mol. The second kappa shape index (κ2) is 11.7. The number of para-hydroxylation sites is 2. The van der Waals surface area contributed by atoms with Crippen molar-refractivity contribution in [3.8, 4) is 22.6 Å². The standard InChI is InChI=1S/C28H22I2N2O4/c1-35-25-13-11-17(15-21(25)29)27(33)31-23-9-5-3-7-19(23)20-8-4-6-10-24(20)32-28(34)18-12-14-26(36-2)22(30)16-18/h3-16H,1-2H3,(H,31,33)(H,32,34). The van der Waals surface area contributed by atoms with Crippen molar-refractivity contribution in [2.75, 3.05) is 24.9 Å². The SMILES string of the molecule is COc1ccc(C(=O)Nc2ccccc2-c2ccccc2NC(=O)c2ccc(OC)c(I)c2)cc1I. The lowest BCUT2D eigenvalue weighted by Crippen LogP contribution is -2.14. The maximum atomic E-state index is 13.0. The summed E-state index contributed by atoms with van der Waals surface area (Å²) >= 11 is 4.28. The molecule has 0 radical (unpaired) electrons. The van der Waals surface area contributed by atoms with Crippen molar-refractivity contribution in [1.82, 2.24) is 0 Å². The zero-order valence-electron chi connectivity index (χ0n) is 19.5. The molecule has 0 heterocycles. The van der Waals surface area contributed by atoms with Gasteiger partial charge in [0.15, 0.2) is 0 Å². The molecular formula is C28H22I2N2O4. The molecule has 0 atom stereocenters. The van der Waals surface area contributed by atoms with Crippen LogP contribution in [0.25, 0.3) is 11.1 Å². The maximum absolute atomic E-state index is 13.0. The van der Waals surface area contributed by atoms with E-state index in [1.807, 2.05) is 48.5 Å². The highest BCUT2D eigenvalue weighted by atomic mass is 127. The first-order valence-corrected chi connectivity index (χ1v) is 13.0. The number of halogens is 2. The number of nitrogens with one attached hydrogen (secondary N) is 2. The summed E-state index contributed by atoms with van der Waals surface area (Å²) in [5.74, 6) is 0.947. The number of carbonyl (C=O) groups is 2. The van der Waals surface area contributed by atoms with Crippen molar-refractivity contribution in [1.29, 1.82) is 0 Å². The van der Waals surface area contributed by atoms with Gasteiger partial charge in [-0.1, -0.05) is 36.4 Å². The zero-order chi connectivity index (χ0) is 25.7. The molecule has 4 rings (SSSR count). The topological polar surface area (TPSA) is 76.7 Å². The Morgan fingerprint density at radius 3 is 1.36 bits per heavy atom. The second-order valence-corrected chi connectivity index (χ2v) is 10.0. The van der Waals surface area contributed by atoms with Gasteiger partial charge < -0.3 is 20.1 Å². The third kappa shape index (κ3) is 5.81. The van der Waals surface area contributed by atoms with E-state index in [4.69, 9.17) is 9.47 Å². The molecule has 2 N–H and O–H groups in total. The second-order valence-electron chi connectivity index (χ2n) is 7.70. The number of methoxy groups -OCH3 is 2. The van der Waals surface area contributed by atoms with Gasteiger partial charge in [0.2, 0.25) is 0 Å². The molecule has 0 saturated carbocycles. The van der Waals surface area contributed by atoms with E-state index in [1.54, 1.807) is 50.6 Å². The summed E-state index contributed by atoms with van der Waals surface area (Å²) in [6.07, 6.45) is 0. The van der Waals surface area contributed by atoms with Crippen LogP contribution in [0.15, 0.2) is 84.9 Å². The number of amides is 2. The third-order valence-corrected chi connectivity index (χ3v) is 7.15. The summed E-state index contributed by atoms with van der Waals surface area (Å²) in [7, 11) is 3.19. The van der Waals surface area contributed by atoms with Gasteiger partial charge in [-0.15, -0.1) is 0 Å². The average molecular weight is 704 g/mol. The average Bonchev–Trinajstić information content (AvgIpc) is 2.89. The minimum atomic E-state index is -0.239. The van der Waals surface area contributed by atoms with Crippen LogP contribution >= 0.6 is 45.2 Å². The van der Waals surface area contributed by atoms with Gasteiger partial charge in [0, 0.05) is 33.6 Å². The molecule has 0 aromatic heterocycles. The van der Waals surface area contributed by atoms with Gasteiger partial charge in [-0.2, -0.15) is 0 Å². The van der Waals surface area contributed by atoms with Crippen LogP contribution in [0.1, 0.15) is 20.7 Å². The molecule has 182 valence electrons.